The maximum Gasteiger partial charge on any atom is 0.332 e. The molecule has 0 bridgehead atoms. The van der Waals surface area contributed by atoms with Gasteiger partial charge in [0.05, 0.1) is 5.56 Å². The predicted molar refractivity (Wildman–Crippen MR) is 44.6 cm³/mol. The quantitative estimate of drug-likeness (QED) is 0.689. The van der Waals surface area contributed by atoms with Crippen LogP contribution in [0.25, 0.3) is 0 Å². The number of rotatable bonds is 3. The Balaban J connectivity index is 3.00. The monoisotopic (exact) mass is 167 g/mol. The van der Waals surface area contributed by atoms with Crippen molar-refractivity contribution in [2.24, 2.45) is 5.73 Å². The first-order valence-corrected chi connectivity index (χ1v) is 3.73. The summed E-state index contributed by atoms with van der Waals surface area (Å²) in [4.78, 5) is 10.4. The lowest BCUT2D eigenvalue weighted by molar-refractivity contribution is 0.0835. The second kappa shape index (κ2) is 3.97. The summed E-state index contributed by atoms with van der Waals surface area (Å²) in [7, 11) is 0. The number of hydrogen-bond donors (Lipinski definition) is 1. The van der Waals surface area contributed by atoms with Crippen LogP contribution < -0.4 is 5.73 Å². The van der Waals surface area contributed by atoms with Crippen LogP contribution in [0.15, 0.2) is 24.3 Å². The molecule has 1 aromatic carbocycles. The summed E-state index contributed by atoms with van der Waals surface area (Å²) >= 11 is 0. The standard InChI is InChI=1S/C9H10FNO/c10-9(12)8-4-2-1-3-7(8)5-6-11/h1-4H,5-6,11H2. The Morgan fingerprint density at radius 3 is 2.67 bits per heavy atom. The smallest absolute Gasteiger partial charge is 0.330 e. The Morgan fingerprint density at radius 2 is 2.08 bits per heavy atom. The van der Waals surface area contributed by atoms with Crippen molar-refractivity contribution in [3.05, 3.63) is 35.4 Å². The molecule has 2 nitrogen and oxygen atoms in total. The third kappa shape index (κ3) is 1.89. The van der Waals surface area contributed by atoms with E-state index in [-0.39, 0.29) is 5.56 Å². The molecule has 0 atom stereocenters. The summed E-state index contributed by atoms with van der Waals surface area (Å²) < 4.78 is 12.3. The maximum absolute atomic E-state index is 12.3. The van der Waals surface area contributed by atoms with Gasteiger partial charge in [0, 0.05) is 0 Å². The van der Waals surface area contributed by atoms with Crippen LogP contribution in [0.3, 0.4) is 0 Å². The second-order valence-electron chi connectivity index (χ2n) is 2.47. The van der Waals surface area contributed by atoms with E-state index in [1.54, 1.807) is 18.2 Å². The molecule has 0 heterocycles. The van der Waals surface area contributed by atoms with Crippen molar-refractivity contribution in [3.8, 4) is 0 Å². The van der Waals surface area contributed by atoms with E-state index in [4.69, 9.17) is 5.73 Å². The van der Waals surface area contributed by atoms with Gasteiger partial charge in [-0.1, -0.05) is 18.2 Å². The van der Waals surface area contributed by atoms with E-state index in [0.29, 0.717) is 18.5 Å². The largest absolute Gasteiger partial charge is 0.332 e. The molecule has 0 fully saturated rings. The summed E-state index contributed by atoms with van der Waals surface area (Å²) in [5.41, 5.74) is 6.10. The number of hydrogen-bond acceptors (Lipinski definition) is 2. The summed E-state index contributed by atoms with van der Waals surface area (Å²) in [6.07, 6.45) is 0.534. The molecule has 0 saturated carbocycles. The second-order valence-corrected chi connectivity index (χ2v) is 2.47. The Labute approximate surface area is 70.2 Å². The first-order chi connectivity index (χ1) is 5.75. The molecule has 0 aromatic heterocycles. The molecule has 0 unspecified atom stereocenters. The molecule has 3 heteroatoms. The van der Waals surface area contributed by atoms with Gasteiger partial charge >= 0.3 is 6.04 Å². The van der Waals surface area contributed by atoms with Crippen molar-refractivity contribution in [1.29, 1.82) is 0 Å². The van der Waals surface area contributed by atoms with Crippen molar-refractivity contribution in [2.45, 2.75) is 6.42 Å². The highest BCUT2D eigenvalue weighted by atomic mass is 19.1. The van der Waals surface area contributed by atoms with Crippen LogP contribution in [-0.2, 0) is 6.42 Å². The fourth-order valence-electron chi connectivity index (χ4n) is 1.09. The van der Waals surface area contributed by atoms with Crippen LogP contribution >= 0.6 is 0 Å². The Kier molecular flexibility index (Phi) is 2.94. The zero-order valence-electron chi connectivity index (χ0n) is 6.59. The van der Waals surface area contributed by atoms with E-state index in [9.17, 15) is 9.18 Å². The van der Waals surface area contributed by atoms with Crippen LogP contribution in [0.1, 0.15) is 15.9 Å². The molecule has 0 radical (unpaired) electrons. The molecule has 0 spiro atoms. The van der Waals surface area contributed by atoms with Crippen LogP contribution in [0, 0.1) is 0 Å². The van der Waals surface area contributed by atoms with Crippen molar-refractivity contribution < 1.29 is 9.18 Å². The van der Waals surface area contributed by atoms with Gasteiger partial charge in [-0.25, -0.2) is 0 Å². The van der Waals surface area contributed by atoms with E-state index < -0.39 is 6.04 Å². The van der Waals surface area contributed by atoms with Gasteiger partial charge in [0.1, 0.15) is 0 Å². The van der Waals surface area contributed by atoms with Crippen molar-refractivity contribution >= 4 is 6.04 Å². The molecule has 0 aliphatic carbocycles. The highest BCUT2D eigenvalue weighted by Gasteiger charge is 2.07. The van der Waals surface area contributed by atoms with E-state index in [1.807, 2.05) is 0 Å². The maximum atomic E-state index is 12.3. The van der Waals surface area contributed by atoms with Gasteiger partial charge in [-0.3, -0.25) is 4.79 Å². The van der Waals surface area contributed by atoms with Gasteiger partial charge < -0.3 is 5.73 Å². The highest BCUT2D eigenvalue weighted by molar-refractivity contribution is 5.90. The van der Waals surface area contributed by atoms with Crippen molar-refractivity contribution in [1.82, 2.24) is 0 Å². The van der Waals surface area contributed by atoms with Crippen molar-refractivity contribution in [2.75, 3.05) is 6.54 Å². The van der Waals surface area contributed by atoms with Gasteiger partial charge in [-0.2, -0.15) is 4.39 Å². The zero-order chi connectivity index (χ0) is 8.97. The Morgan fingerprint density at radius 1 is 1.42 bits per heavy atom. The highest BCUT2D eigenvalue weighted by Crippen LogP contribution is 2.10. The van der Waals surface area contributed by atoms with Gasteiger partial charge in [0.2, 0.25) is 0 Å². The lowest BCUT2D eigenvalue weighted by Crippen LogP contribution is -2.06. The predicted octanol–water partition coefficient (Wildman–Crippen LogP) is 1.30. The number of nitrogens with two attached hydrogens (primary N) is 1. The molecule has 1 rings (SSSR count). The minimum absolute atomic E-state index is 0.128. The van der Waals surface area contributed by atoms with E-state index in [1.165, 1.54) is 6.07 Å². The van der Waals surface area contributed by atoms with Crippen LogP contribution in [-0.4, -0.2) is 12.6 Å². The Bertz CT molecular complexity index is 286. The number of carbonyl (C=O) groups is 1. The van der Waals surface area contributed by atoms with Crippen LogP contribution in [0.5, 0.6) is 0 Å². The number of benzene rings is 1. The topological polar surface area (TPSA) is 43.1 Å². The summed E-state index contributed by atoms with van der Waals surface area (Å²) in [5, 5.41) is 0. The molecule has 2 N–H and O–H groups in total. The molecule has 12 heavy (non-hydrogen) atoms. The summed E-state index contributed by atoms with van der Waals surface area (Å²) in [6, 6.07) is 5.18. The number of halogens is 1. The van der Waals surface area contributed by atoms with Gasteiger partial charge in [0.15, 0.2) is 0 Å². The molecule has 1 aromatic rings. The molecule has 0 aliphatic heterocycles. The third-order valence-corrected chi connectivity index (χ3v) is 1.64. The molecule has 0 amide bonds. The normalized spacial score (nSPS) is 9.83. The first-order valence-electron chi connectivity index (χ1n) is 3.73. The van der Waals surface area contributed by atoms with E-state index in [0.717, 1.165) is 0 Å². The summed E-state index contributed by atoms with van der Waals surface area (Å²) in [6.45, 7) is 0.421. The molecule has 0 aliphatic rings. The van der Waals surface area contributed by atoms with E-state index in [2.05, 4.69) is 0 Å². The van der Waals surface area contributed by atoms with Crippen LogP contribution in [0.2, 0.25) is 0 Å². The Hall–Kier alpha value is -1.22. The average molecular weight is 167 g/mol. The van der Waals surface area contributed by atoms with Gasteiger partial charge in [-0.15, -0.1) is 0 Å². The molecule has 0 saturated heterocycles. The average Bonchev–Trinajstić information content (AvgIpc) is 2.05. The minimum Gasteiger partial charge on any atom is -0.330 e. The fraction of sp³-hybridized carbons (Fsp3) is 0.222. The third-order valence-electron chi connectivity index (χ3n) is 1.64. The number of carbonyl (C=O) groups excluding carboxylic acids is 1. The zero-order valence-corrected chi connectivity index (χ0v) is 6.59. The summed E-state index contributed by atoms with van der Waals surface area (Å²) in [5.74, 6) is 0. The lowest BCUT2D eigenvalue weighted by Gasteiger charge is -2.01. The van der Waals surface area contributed by atoms with Crippen molar-refractivity contribution in [3.63, 3.8) is 0 Å². The van der Waals surface area contributed by atoms with E-state index >= 15 is 0 Å². The first kappa shape index (κ1) is 8.87. The van der Waals surface area contributed by atoms with Gasteiger partial charge in [0.25, 0.3) is 0 Å². The molecular weight excluding hydrogens is 157 g/mol. The molecular formula is C9H10FNO. The lowest BCUT2D eigenvalue weighted by atomic mass is 10.1. The SMILES string of the molecule is NCCc1ccccc1C(=O)F. The fourth-order valence-corrected chi connectivity index (χ4v) is 1.09. The molecule has 64 valence electrons. The van der Waals surface area contributed by atoms with Gasteiger partial charge in [-0.05, 0) is 24.6 Å². The minimum atomic E-state index is -1.39. The van der Waals surface area contributed by atoms with Crippen LogP contribution in [0.4, 0.5) is 4.39 Å².